The van der Waals surface area contributed by atoms with Gasteiger partial charge >= 0.3 is 5.97 Å². The Morgan fingerprint density at radius 2 is 2.14 bits per heavy atom. The van der Waals surface area contributed by atoms with E-state index in [1.165, 1.54) is 17.9 Å². The lowest BCUT2D eigenvalue weighted by molar-refractivity contribution is 0.0593. The Balaban J connectivity index is 1.85. The maximum Gasteiger partial charge on any atom is 0.357 e. The van der Waals surface area contributed by atoms with Crippen LogP contribution >= 0.6 is 0 Å². The summed E-state index contributed by atoms with van der Waals surface area (Å²) in [5.41, 5.74) is 9.08. The lowest BCUT2D eigenvalue weighted by Gasteiger charge is -2.08. The molecule has 0 spiro atoms. The number of aromatic hydroxyl groups is 1. The highest BCUT2D eigenvalue weighted by molar-refractivity contribution is 5.96. The molecule has 0 aliphatic heterocycles. The lowest BCUT2D eigenvalue weighted by Crippen LogP contribution is -2.11. The summed E-state index contributed by atoms with van der Waals surface area (Å²) in [5, 5.41) is 18.9. The number of aromatic amines is 1. The van der Waals surface area contributed by atoms with E-state index in [1.54, 1.807) is 36.4 Å². The van der Waals surface area contributed by atoms with Crippen molar-refractivity contribution >= 4 is 22.7 Å². The van der Waals surface area contributed by atoms with Crippen LogP contribution in [0.5, 0.6) is 5.75 Å². The number of carbonyl (C=O) groups excluding carboxylic acids is 1. The van der Waals surface area contributed by atoms with Crippen molar-refractivity contribution in [2.24, 2.45) is 0 Å². The minimum Gasteiger partial charge on any atom is -0.508 e. The predicted molar refractivity (Wildman–Crippen MR) is 103 cm³/mol. The molecular weight excluding hydrogens is 358 g/mol. The van der Waals surface area contributed by atoms with Crippen LogP contribution < -0.4 is 5.73 Å². The highest BCUT2D eigenvalue weighted by Crippen LogP contribution is 2.28. The molecule has 2 heterocycles. The van der Waals surface area contributed by atoms with E-state index in [4.69, 9.17) is 10.5 Å². The smallest absolute Gasteiger partial charge is 0.357 e. The van der Waals surface area contributed by atoms with Crippen LogP contribution in [0.4, 0.5) is 5.69 Å². The summed E-state index contributed by atoms with van der Waals surface area (Å²) >= 11 is 0. The van der Waals surface area contributed by atoms with Gasteiger partial charge in [0, 0.05) is 17.4 Å². The van der Waals surface area contributed by atoms with Gasteiger partial charge in [-0.25, -0.2) is 9.78 Å². The lowest BCUT2D eigenvalue weighted by atomic mass is 10.2. The number of imidazole rings is 1. The third-order valence-corrected chi connectivity index (χ3v) is 4.41. The molecule has 8 heteroatoms. The van der Waals surface area contributed by atoms with Crippen molar-refractivity contribution in [3.05, 3.63) is 59.9 Å². The van der Waals surface area contributed by atoms with Crippen molar-refractivity contribution < 1.29 is 14.6 Å². The normalized spacial score (nSPS) is 10.7. The summed E-state index contributed by atoms with van der Waals surface area (Å²) in [7, 11) is 1.25. The molecule has 138 valence electrons. The molecule has 8 nitrogen and oxygen atoms in total. The Morgan fingerprint density at radius 3 is 2.86 bits per heavy atom. The molecule has 0 saturated carbocycles. The van der Waals surface area contributed by atoms with E-state index in [0.29, 0.717) is 17.0 Å². The Kier molecular flexibility index (Phi) is 3.98. The number of nitrogens with zero attached hydrogens (tertiary/aromatic N) is 3. The van der Waals surface area contributed by atoms with Crippen LogP contribution in [0.15, 0.2) is 48.7 Å². The molecule has 0 radical (unpaired) electrons. The fourth-order valence-corrected chi connectivity index (χ4v) is 3.06. The molecule has 2 aromatic heterocycles. The maximum absolute atomic E-state index is 12.2. The van der Waals surface area contributed by atoms with Crippen molar-refractivity contribution in [1.82, 2.24) is 14.5 Å². The summed E-state index contributed by atoms with van der Waals surface area (Å²) < 4.78 is 6.33. The third-order valence-electron chi connectivity index (χ3n) is 4.41. The van der Waals surface area contributed by atoms with Gasteiger partial charge in [-0.15, -0.1) is 0 Å². The number of anilines is 1. The van der Waals surface area contributed by atoms with Crippen LogP contribution in [-0.4, -0.2) is 32.7 Å². The molecule has 0 atom stereocenters. The number of phenolic OH excluding ortho intramolecular Hbond substituents is 1. The van der Waals surface area contributed by atoms with E-state index in [1.807, 2.05) is 12.1 Å². The Bertz CT molecular complexity index is 1260. The fraction of sp³-hybridized carbons (Fsp3) is 0.0500. The van der Waals surface area contributed by atoms with Gasteiger partial charge in [0.05, 0.1) is 29.4 Å². The molecule has 2 aromatic carbocycles. The second kappa shape index (κ2) is 6.48. The van der Waals surface area contributed by atoms with Crippen molar-refractivity contribution in [3.63, 3.8) is 0 Å². The zero-order valence-corrected chi connectivity index (χ0v) is 14.8. The minimum atomic E-state index is -0.635. The third kappa shape index (κ3) is 2.71. The van der Waals surface area contributed by atoms with Gasteiger partial charge in [-0.1, -0.05) is 12.1 Å². The van der Waals surface area contributed by atoms with Gasteiger partial charge in [0.2, 0.25) is 0 Å². The quantitative estimate of drug-likeness (QED) is 0.473. The van der Waals surface area contributed by atoms with Crippen molar-refractivity contribution in [3.8, 4) is 28.9 Å². The molecule has 0 bridgehead atoms. The standard InChI is InChI=1S/C20H15N5O3/c1-28-20(27)18-17(22)12(9-21)10-25(18)13-5-6-15-16(8-13)24-19(23-15)11-3-2-4-14(26)7-11/h2-8,10,26H,22H2,1H3,(H,23,24). The molecular formula is C20H15N5O3. The molecule has 0 fully saturated rings. The molecule has 0 saturated heterocycles. The summed E-state index contributed by atoms with van der Waals surface area (Å²) in [6.45, 7) is 0. The first kappa shape index (κ1) is 17.2. The van der Waals surface area contributed by atoms with Crippen LogP contribution in [0.25, 0.3) is 28.1 Å². The molecule has 0 aliphatic rings. The Labute approximate surface area is 159 Å². The molecule has 0 aliphatic carbocycles. The summed E-state index contributed by atoms with van der Waals surface area (Å²) in [6, 6.07) is 14.1. The Hall–Kier alpha value is -4.25. The number of nitrogen functional groups attached to an aromatic ring is 1. The maximum atomic E-state index is 12.2. The van der Waals surface area contributed by atoms with Gasteiger partial charge in [-0.3, -0.25) is 0 Å². The van der Waals surface area contributed by atoms with E-state index < -0.39 is 5.97 Å². The highest BCUT2D eigenvalue weighted by atomic mass is 16.5. The molecule has 4 rings (SSSR count). The van der Waals surface area contributed by atoms with Crippen LogP contribution in [0.3, 0.4) is 0 Å². The van der Waals surface area contributed by atoms with Crippen LogP contribution in [0.2, 0.25) is 0 Å². The van der Waals surface area contributed by atoms with Crippen LogP contribution in [0, 0.1) is 11.3 Å². The largest absolute Gasteiger partial charge is 0.508 e. The predicted octanol–water partition coefficient (Wildman–Crippen LogP) is 2.97. The fourth-order valence-electron chi connectivity index (χ4n) is 3.06. The number of phenols is 1. The van der Waals surface area contributed by atoms with Crippen LogP contribution in [0.1, 0.15) is 16.1 Å². The summed E-state index contributed by atoms with van der Waals surface area (Å²) in [5.74, 6) is 0.110. The van der Waals surface area contributed by atoms with E-state index in [9.17, 15) is 15.2 Å². The molecule has 0 unspecified atom stereocenters. The van der Waals surface area contributed by atoms with Gasteiger partial charge in [0.1, 0.15) is 17.6 Å². The molecule has 28 heavy (non-hydrogen) atoms. The van der Waals surface area contributed by atoms with E-state index in [-0.39, 0.29) is 22.7 Å². The minimum absolute atomic E-state index is 0.0690. The van der Waals surface area contributed by atoms with Crippen LogP contribution in [-0.2, 0) is 4.74 Å². The topological polar surface area (TPSA) is 130 Å². The van der Waals surface area contributed by atoms with Gasteiger partial charge in [-0.05, 0) is 30.3 Å². The number of aromatic nitrogens is 3. The van der Waals surface area contributed by atoms with Gasteiger partial charge in [0.25, 0.3) is 0 Å². The van der Waals surface area contributed by atoms with Gasteiger partial charge in [0.15, 0.2) is 5.69 Å². The number of fused-ring (bicyclic) bond motifs is 1. The van der Waals surface area contributed by atoms with Crippen molar-refractivity contribution in [2.75, 3.05) is 12.8 Å². The van der Waals surface area contributed by atoms with Gasteiger partial charge in [-0.2, -0.15) is 5.26 Å². The number of benzene rings is 2. The number of nitrogens with one attached hydrogen (secondary N) is 1. The number of hydrogen-bond donors (Lipinski definition) is 3. The van der Waals surface area contributed by atoms with Crippen molar-refractivity contribution in [2.45, 2.75) is 0 Å². The number of esters is 1. The first-order valence-electron chi connectivity index (χ1n) is 8.30. The second-order valence-corrected chi connectivity index (χ2v) is 6.12. The number of ether oxygens (including phenoxy) is 1. The zero-order chi connectivity index (χ0) is 19.8. The number of nitrogens with two attached hydrogens (primary N) is 1. The number of H-pyrrole nitrogens is 1. The summed E-state index contributed by atoms with van der Waals surface area (Å²) in [4.78, 5) is 19.9. The van der Waals surface area contributed by atoms with E-state index in [0.717, 1.165) is 11.1 Å². The summed E-state index contributed by atoms with van der Waals surface area (Å²) in [6.07, 6.45) is 1.50. The van der Waals surface area contributed by atoms with E-state index in [2.05, 4.69) is 9.97 Å². The van der Waals surface area contributed by atoms with E-state index >= 15 is 0 Å². The highest BCUT2D eigenvalue weighted by Gasteiger charge is 2.22. The number of nitriles is 1. The Morgan fingerprint density at radius 1 is 1.32 bits per heavy atom. The molecule has 4 aromatic rings. The second-order valence-electron chi connectivity index (χ2n) is 6.12. The average molecular weight is 373 g/mol. The molecule has 0 amide bonds. The number of methoxy groups -OCH3 is 1. The SMILES string of the molecule is COC(=O)c1c(N)c(C#N)cn1-c1ccc2nc(-c3cccc(O)c3)[nH]c2c1. The zero-order valence-electron chi connectivity index (χ0n) is 14.8. The molecule has 4 N–H and O–H groups in total. The van der Waals surface area contributed by atoms with Gasteiger partial charge < -0.3 is 25.1 Å². The van der Waals surface area contributed by atoms with Crippen molar-refractivity contribution in [1.29, 1.82) is 5.26 Å². The average Bonchev–Trinajstić information content (AvgIpc) is 3.27. The first-order chi connectivity index (χ1) is 13.5. The number of hydrogen-bond acceptors (Lipinski definition) is 6. The monoisotopic (exact) mass is 373 g/mol. The number of rotatable bonds is 3. The first-order valence-corrected chi connectivity index (χ1v) is 8.30. The number of carbonyl (C=O) groups is 1.